The second-order valence-corrected chi connectivity index (χ2v) is 4.15. The third kappa shape index (κ3) is 2.08. The molecule has 0 aliphatic rings. The topological polar surface area (TPSA) is 72.1 Å². The monoisotopic (exact) mass is 296 g/mol. The summed E-state index contributed by atoms with van der Waals surface area (Å²) in [6, 6.07) is 0. The lowest BCUT2D eigenvalue weighted by Crippen LogP contribution is -2.18. The molecule has 5 nitrogen and oxygen atoms in total. The number of pyridine rings is 2. The molecule has 2 rings (SSSR count). The molecule has 0 unspecified atom stereocenters. The molecule has 0 saturated heterocycles. The number of hydrogen-bond donors (Lipinski definition) is 1. The van der Waals surface area contributed by atoms with Crippen LogP contribution in [0.1, 0.15) is 17.3 Å². The van der Waals surface area contributed by atoms with Gasteiger partial charge in [0.15, 0.2) is 0 Å². The second-order valence-electron chi connectivity index (χ2n) is 3.30. The molecule has 88 valence electrons. The number of aromatic amines is 1. The lowest BCUT2D eigenvalue weighted by molar-refractivity contribution is 0.0524. The van der Waals surface area contributed by atoms with Crippen LogP contribution in [0.5, 0.6) is 0 Å². The smallest absolute Gasteiger partial charge is 0.343 e. The molecule has 0 fully saturated rings. The average molecular weight is 297 g/mol. The lowest BCUT2D eigenvalue weighted by Gasteiger charge is -2.03. The fraction of sp³-hybridized carbons (Fsp3) is 0.182. The zero-order chi connectivity index (χ0) is 12.4. The molecule has 2 aromatic rings. The van der Waals surface area contributed by atoms with E-state index in [4.69, 9.17) is 4.74 Å². The first kappa shape index (κ1) is 11.8. The molecule has 0 amide bonds. The van der Waals surface area contributed by atoms with Crippen molar-refractivity contribution in [2.45, 2.75) is 6.92 Å². The van der Waals surface area contributed by atoms with E-state index in [1.807, 2.05) is 0 Å². The lowest BCUT2D eigenvalue weighted by atomic mass is 10.2. The maximum Gasteiger partial charge on any atom is 0.343 e. The molecule has 2 heterocycles. The Kier molecular flexibility index (Phi) is 3.23. The quantitative estimate of drug-likeness (QED) is 0.859. The van der Waals surface area contributed by atoms with Crippen LogP contribution < -0.4 is 5.43 Å². The number of H-pyrrole nitrogens is 1. The first-order valence-corrected chi connectivity index (χ1v) is 5.76. The summed E-state index contributed by atoms with van der Waals surface area (Å²) in [5, 5.41) is 0.352. The Morgan fingerprint density at radius 1 is 1.53 bits per heavy atom. The molecule has 6 heteroatoms. The number of nitrogens with one attached hydrogen (secondary N) is 1. The molecule has 0 aromatic carbocycles. The zero-order valence-electron chi connectivity index (χ0n) is 8.99. The van der Waals surface area contributed by atoms with Gasteiger partial charge in [-0.15, -0.1) is 0 Å². The second kappa shape index (κ2) is 4.67. The average Bonchev–Trinajstić information content (AvgIpc) is 2.31. The number of nitrogens with zero attached hydrogens (tertiary/aromatic N) is 1. The van der Waals surface area contributed by atoms with Gasteiger partial charge in [0.1, 0.15) is 5.56 Å². The van der Waals surface area contributed by atoms with Crippen molar-refractivity contribution in [2.75, 3.05) is 6.61 Å². The van der Waals surface area contributed by atoms with Gasteiger partial charge in [-0.05, 0) is 22.9 Å². The molecule has 0 aliphatic carbocycles. The first-order chi connectivity index (χ1) is 8.15. The van der Waals surface area contributed by atoms with E-state index in [0.29, 0.717) is 15.4 Å². The predicted molar refractivity (Wildman–Crippen MR) is 66.0 cm³/mol. The van der Waals surface area contributed by atoms with Crippen molar-refractivity contribution in [2.24, 2.45) is 0 Å². The predicted octanol–water partition coefficient (Wildman–Crippen LogP) is 1.86. The van der Waals surface area contributed by atoms with Crippen LogP contribution in [0.3, 0.4) is 0 Å². The Hall–Kier alpha value is -1.69. The van der Waals surface area contributed by atoms with E-state index in [1.165, 1.54) is 12.4 Å². The van der Waals surface area contributed by atoms with Crippen LogP contribution >= 0.6 is 15.9 Å². The molecule has 0 saturated carbocycles. The normalized spacial score (nSPS) is 10.5. The molecule has 1 N–H and O–H groups in total. The van der Waals surface area contributed by atoms with Crippen LogP contribution in [-0.4, -0.2) is 22.5 Å². The highest BCUT2D eigenvalue weighted by atomic mass is 79.9. The van der Waals surface area contributed by atoms with E-state index >= 15 is 0 Å². The molecule has 0 spiro atoms. The molecule has 2 aromatic heterocycles. The third-order valence-corrected chi connectivity index (χ3v) is 2.85. The standard InChI is InChI=1S/C11H9BrN2O3/c1-2-17-11(16)7-4-14-9-6(10(7)15)3-13-5-8(9)12/h3-5H,2H2,1H3,(H,14,15). The van der Waals surface area contributed by atoms with Crippen LogP contribution in [-0.2, 0) is 4.74 Å². The minimum Gasteiger partial charge on any atom is -0.462 e. The Balaban J connectivity index is 2.67. The highest BCUT2D eigenvalue weighted by Gasteiger charge is 2.14. The number of rotatable bonds is 2. The molecule has 0 bridgehead atoms. The zero-order valence-corrected chi connectivity index (χ0v) is 10.6. The molecular formula is C11H9BrN2O3. The van der Waals surface area contributed by atoms with Gasteiger partial charge in [-0.3, -0.25) is 9.78 Å². The molecule has 17 heavy (non-hydrogen) atoms. The van der Waals surface area contributed by atoms with Gasteiger partial charge in [-0.1, -0.05) is 0 Å². The maximum atomic E-state index is 12.0. The number of ether oxygens (including phenoxy) is 1. The van der Waals surface area contributed by atoms with Crippen molar-refractivity contribution in [1.29, 1.82) is 0 Å². The van der Waals surface area contributed by atoms with Crippen LogP contribution in [0.15, 0.2) is 27.9 Å². The van der Waals surface area contributed by atoms with Gasteiger partial charge >= 0.3 is 5.97 Å². The van der Waals surface area contributed by atoms with Crippen LogP contribution in [0, 0.1) is 0 Å². The van der Waals surface area contributed by atoms with Gasteiger partial charge in [0.2, 0.25) is 5.43 Å². The van der Waals surface area contributed by atoms with E-state index in [2.05, 4.69) is 25.9 Å². The Labute approximate surface area is 105 Å². The molecule has 0 atom stereocenters. The first-order valence-electron chi connectivity index (χ1n) is 4.97. The van der Waals surface area contributed by atoms with E-state index in [0.717, 1.165) is 0 Å². The van der Waals surface area contributed by atoms with Gasteiger partial charge in [0.25, 0.3) is 0 Å². The third-order valence-electron chi connectivity index (χ3n) is 2.25. The largest absolute Gasteiger partial charge is 0.462 e. The summed E-state index contributed by atoms with van der Waals surface area (Å²) in [7, 11) is 0. The summed E-state index contributed by atoms with van der Waals surface area (Å²) in [6.07, 6.45) is 4.34. The van der Waals surface area contributed by atoms with Crippen LogP contribution in [0.25, 0.3) is 10.9 Å². The van der Waals surface area contributed by atoms with Gasteiger partial charge in [0.05, 0.1) is 22.0 Å². The summed E-state index contributed by atoms with van der Waals surface area (Å²) in [4.78, 5) is 30.3. The number of halogens is 1. The fourth-order valence-corrected chi connectivity index (χ4v) is 1.92. The molecular weight excluding hydrogens is 288 g/mol. The SMILES string of the molecule is CCOC(=O)c1c[nH]c2c(Br)cncc2c1=O. The highest BCUT2D eigenvalue weighted by Crippen LogP contribution is 2.17. The number of esters is 1. The summed E-state index contributed by atoms with van der Waals surface area (Å²) >= 11 is 3.27. The van der Waals surface area contributed by atoms with Gasteiger partial charge < -0.3 is 9.72 Å². The van der Waals surface area contributed by atoms with Gasteiger partial charge in [0, 0.05) is 18.6 Å². The highest BCUT2D eigenvalue weighted by molar-refractivity contribution is 9.10. The van der Waals surface area contributed by atoms with E-state index in [9.17, 15) is 9.59 Å². The van der Waals surface area contributed by atoms with Gasteiger partial charge in [-0.2, -0.15) is 0 Å². The van der Waals surface area contributed by atoms with E-state index < -0.39 is 5.97 Å². The van der Waals surface area contributed by atoms with Crippen molar-refractivity contribution in [3.05, 3.63) is 38.9 Å². The number of carbonyl (C=O) groups excluding carboxylic acids is 1. The van der Waals surface area contributed by atoms with Crippen molar-refractivity contribution >= 4 is 32.8 Å². The Morgan fingerprint density at radius 3 is 3.00 bits per heavy atom. The minimum absolute atomic E-state index is 0.0146. The summed E-state index contributed by atoms with van der Waals surface area (Å²) < 4.78 is 5.47. The van der Waals surface area contributed by atoms with E-state index in [1.54, 1.807) is 13.1 Å². The van der Waals surface area contributed by atoms with Crippen molar-refractivity contribution < 1.29 is 9.53 Å². The number of carbonyl (C=O) groups is 1. The number of hydrogen-bond acceptors (Lipinski definition) is 4. The summed E-state index contributed by atoms with van der Waals surface area (Å²) in [6.45, 7) is 1.92. The fourth-order valence-electron chi connectivity index (χ4n) is 1.47. The van der Waals surface area contributed by atoms with Crippen molar-refractivity contribution in [1.82, 2.24) is 9.97 Å². The summed E-state index contributed by atoms with van der Waals surface area (Å²) in [5.74, 6) is -0.629. The number of aromatic nitrogens is 2. The number of fused-ring (bicyclic) bond motifs is 1. The Morgan fingerprint density at radius 2 is 2.29 bits per heavy atom. The van der Waals surface area contributed by atoms with Gasteiger partial charge in [-0.25, -0.2) is 4.79 Å². The summed E-state index contributed by atoms with van der Waals surface area (Å²) in [5.41, 5.74) is 0.211. The van der Waals surface area contributed by atoms with Crippen molar-refractivity contribution in [3.63, 3.8) is 0 Å². The minimum atomic E-state index is -0.629. The van der Waals surface area contributed by atoms with Crippen LogP contribution in [0.2, 0.25) is 0 Å². The van der Waals surface area contributed by atoms with Crippen molar-refractivity contribution in [3.8, 4) is 0 Å². The van der Waals surface area contributed by atoms with Crippen LogP contribution in [0.4, 0.5) is 0 Å². The molecule has 0 aliphatic heterocycles. The Bertz CT molecular complexity index is 636. The van der Waals surface area contributed by atoms with E-state index in [-0.39, 0.29) is 17.6 Å². The molecule has 0 radical (unpaired) electrons. The maximum absolute atomic E-state index is 12.0.